The topological polar surface area (TPSA) is 63.3 Å². The van der Waals surface area contributed by atoms with Crippen LogP contribution in [0.5, 0.6) is 0 Å². The molecule has 5 rings (SSSR count). The number of fused-ring (bicyclic) bond motifs is 1. The zero-order valence-corrected chi connectivity index (χ0v) is 23.5. The monoisotopic (exact) mass is 548 g/mol. The zero-order valence-electron chi connectivity index (χ0n) is 22.0. The lowest BCUT2D eigenvalue weighted by Crippen LogP contribution is -2.31. The Morgan fingerprint density at radius 1 is 0.947 bits per heavy atom. The van der Waals surface area contributed by atoms with E-state index in [1.807, 2.05) is 69.6 Å². The first-order valence-corrected chi connectivity index (χ1v) is 13.0. The van der Waals surface area contributed by atoms with E-state index < -0.39 is 5.60 Å². The van der Waals surface area contributed by atoms with Crippen molar-refractivity contribution in [2.75, 3.05) is 14.1 Å². The summed E-state index contributed by atoms with van der Waals surface area (Å²) in [7, 11) is 5.26. The number of rotatable bonds is 4. The number of imidazole rings is 1. The molecular formula is C30H30Cl2N4O2. The lowest BCUT2D eigenvalue weighted by Gasteiger charge is -2.30. The third-order valence-corrected chi connectivity index (χ3v) is 6.88. The maximum Gasteiger partial charge on any atom is 0.328 e. The van der Waals surface area contributed by atoms with Crippen molar-refractivity contribution in [3.63, 3.8) is 0 Å². The summed E-state index contributed by atoms with van der Waals surface area (Å²) in [4.78, 5) is 18.8. The summed E-state index contributed by atoms with van der Waals surface area (Å²) >= 11 is 12.5. The van der Waals surface area contributed by atoms with Crippen LogP contribution in [-0.2, 0) is 12.6 Å². The van der Waals surface area contributed by atoms with Crippen LogP contribution >= 0.6 is 23.2 Å². The van der Waals surface area contributed by atoms with Crippen molar-refractivity contribution in [3.05, 3.63) is 112 Å². The number of carbonyl (C=O) groups excluding carboxylic acids is 1. The summed E-state index contributed by atoms with van der Waals surface area (Å²) < 4.78 is 3.40. The van der Waals surface area contributed by atoms with Crippen molar-refractivity contribution in [2.45, 2.75) is 19.4 Å². The van der Waals surface area contributed by atoms with E-state index in [0.29, 0.717) is 26.9 Å². The van der Waals surface area contributed by atoms with Crippen molar-refractivity contribution < 1.29 is 9.90 Å². The zero-order chi connectivity index (χ0) is 27.6. The quantitative estimate of drug-likeness (QED) is 0.258. The van der Waals surface area contributed by atoms with Crippen LogP contribution in [-0.4, -0.2) is 44.3 Å². The van der Waals surface area contributed by atoms with Crippen LogP contribution in [0.15, 0.2) is 85.5 Å². The van der Waals surface area contributed by atoms with E-state index in [0.717, 1.165) is 22.0 Å². The highest BCUT2D eigenvalue weighted by Gasteiger charge is 2.37. The molecule has 0 fully saturated rings. The number of aryl methyl sites for hydroxylation is 1. The molecule has 0 bridgehead atoms. The van der Waals surface area contributed by atoms with Gasteiger partial charge in [0.05, 0.1) is 23.7 Å². The Bertz CT molecular complexity index is 1590. The first-order valence-electron chi connectivity index (χ1n) is 12.3. The Balaban J connectivity index is 0.00000164. The van der Waals surface area contributed by atoms with Gasteiger partial charge in [0.15, 0.2) is 5.60 Å². The Labute approximate surface area is 232 Å². The third-order valence-electron chi connectivity index (χ3n) is 6.40. The van der Waals surface area contributed by atoms with Crippen molar-refractivity contribution in [1.29, 1.82) is 0 Å². The van der Waals surface area contributed by atoms with Crippen LogP contribution in [0.3, 0.4) is 0 Å². The van der Waals surface area contributed by atoms with Gasteiger partial charge >= 0.3 is 6.03 Å². The van der Waals surface area contributed by atoms with E-state index in [1.165, 1.54) is 4.90 Å². The lowest BCUT2D eigenvalue weighted by atomic mass is 9.83. The van der Waals surface area contributed by atoms with Gasteiger partial charge in [-0.3, -0.25) is 4.57 Å². The number of hydrogen-bond donors (Lipinski definition) is 1. The SMILES string of the molecule is CC.CN(C)C(=O)n1cc(-c2cccc(Cl)c2)c2cc(C(O)(c3ccc(Cl)cc3)c3cncn3C)ccc21. The predicted molar refractivity (Wildman–Crippen MR) is 155 cm³/mol. The van der Waals surface area contributed by atoms with Crippen molar-refractivity contribution >= 4 is 40.1 Å². The highest BCUT2D eigenvalue weighted by molar-refractivity contribution is 6.31. The molecule has 0 spiro atoms. The molecule has 0 aliphatic carbocycles. The van der Waals surface area contributed by atoms with E-state index in [2.05, 4.69) is 4.98 Å². The molecule has 0 saturated carbocycles. The molecule has 196 valence electrons. The fourth-order valence-electron chi connectivity index (χ4n) is 4.57. The maximum absolute atomic E-state index is 13.0. The summed E-state index contributed by atoms with van der Waals surface area (Å²) in [6.45, 7) is 4.00. The van der Waals surface area contributed by atoms with Gasteiger partial charge in [0.1, 0.15) is 0 Å². The van der Waals surface area contributed by atoms with Crippen molar-refractivity contribution in [2.24, 2.45) is 7.05 Å². The van der Waals surface area contributed by atoms with E-state index >= 15 is 0 Å². The highest BCUT2D eigenvalue weighted by atomic mass is 35.5. The number of benzene rings is 3. The van der Waals surface area contributed by atoms with Gasteiger partial charge in [-0.25, -0.2) is 9.78 Å². The molecule has 1 atom stereocenters. The molecule has 38 heavy (non-hydrogen) atoms. The summed E-state index contributed by atoms with van der Waals surface area (Å²) in [6.07, 6.45) is 5.11. The van der Waals surface area contributed by atoms with Gasteiger partial charge < -0.3 is 14.6 Å². The minimum atomic E-state index is -1.52. The van der Waals surface area contributed by atoms with Crippen molar-refractivity contribution in [3.8, 4) is 11.1 Å². The molecular weight excluding hydrogens is 519 g/mol. The Hall–Kier alpha value is -3.58. The largest absolute Gasteiger partial charge is 0.374 e. The average molecular weight is 550 g/mol. The molecule has 2 heterocycles. The van der Waals surface area contributed by atoms with Gasteiger partial charge in [0.2, 0.25) is 0 Å². The number of aliphatic hydroxyl groups is 1. The molecule has 0 aliphatic rings. The van der Waals surface area contributed by atoms with E-state index in [9.17, 15) is 9.90 Å². The number of nitrogens with zero attached hydrogens (tertiary/aromatic N) is 4. The molecule has 6 nitrogen and oxygen atoms in total. The number of halogens is 2. The first kappa shape index (κ1) is 27.5. The standard InChI is InChI=1S/C28H24Cl2N4O2.C2H6/c1-32(2)27(35)34-16-24(18-5-4-6-22(30)13-18)23-14-20(9-12-25(23)34)28(36,26-15-31-17-33(26)3)19-7-10-21(29)11-8-19;1-2/h4-17,36H,1-3H3;1-2H3. The lowest BCUT2D eigenvalue weighted by molar-refractivity contribution is 0.117. The Morgan fingerprint density at radius 3 is 2.24 bits per heavy atom. The van der Waals surface area contributed by atoms with E-state index in [1.54, 1.807) is 60.0 Å². The van der Waals surface area contributed by atoms with Gasteiger partial charge in [-0.2, -0.15) is 0 Å². The van der Waals surface area contributed by atoms with Gasteiger partial charge in [-0.15, -0.1) is 0 Å². The highest BCUT2D eigenvalue weighted by Crippen LogP contribution is 2.40. The molecule has 0 radical (unpaired) electrons. The summed E-state index contributed by atoms with van der Waals surface area (Å²) in [5, 5.41) is 14.3. The van der Waals surface area contributed by atoms with Crippen LogP contribution in [0.2, 0.25) is 10.0 Å². The second kappa shape index (κ2) is 11.0. The molecule has 1 N–H and O–H groups in total. The predicted octanol–water partition coefficient (Wildman–Crippen LogP) is 7.19. The smallest absolute Gasteiger partial charge is 0.328 e. The number of carbonyl (C=O) groups is 1. The molecule has 1 amide bonds. The van der Waals surface area contributed by atoms with Crippen LogP contribution in [0.4, 0.5) is 4.79 Å². The van der Waals surface area contributed by atoms with Gasteiger partial charge in [0.25, 0.3) is 0 Å². The minimum Gasteiger partial charge on any atom is -0.374 e. The first-order chi connectivity index (χ1) is 18.2. The second-order valence-electron chi connectivity index (χ2n) is 8.94. The molecule has 0 aliphatic heterocycles. The number of hydrogen-bond acceptors (Lipinski definition) is 3. The fourth-order valence-corrected chi connectivity index (χ4v) is 4.89. The fraction of sp³-hybridized carbons (Fsp3) is 0.200. The van der Waals surface area contributed by atoms with Crippen molar-refractivity contribution in [1.82, 2.24) is 19.0 Å². The molecule has 0 saturated heterocycles. The normalized spacial score (nSPS) is 12.5. The number of aromatic nitrogens is 3. The van der Waals surface area contributed by atoms with Crippen LogP contribution in [0.1, 0.15) is 30.7 Å². The third kappa shape index (κ3) is 4.83. The molecule has 2 aromatic heterocycles. The van der Waals surface area contributed by atoms with Gasteiger partial charge in [-0.05, 0) is 53.1 Å². The molecule has 5 aromatic rings. The van der Waals surface area contributed by atoms with Gasteiger partial charge in [0, 0.05) is 48.3 Å². The Morgan fingerprint density at radius 2 is 1.63 bits per heavy atom. The molecule has 1 unspecified atom stereocenters. The molecule has 3 aromatic carbocycles. The summed E-state index contributed by atoms with van der Waals surface area (Å²) in [5.74, 6) is 0. The van der Waals surface area contributed by atoms with E-state index in [4.69, 9.17) is 23.2 Å². The minimum absolute atomic E-state index is 0.180. The Kier molecular flexibility index (Phi) is 7.97. The molecule has 8 heteroatoms. The summed E-state index contributed by atoms with van der Waals surface area (Å²) in [5.41, 5.74) is 2.75. The van der Waals surface area contributed by atoms with E-state index in [-0.39, 0.29) is 6.03 Å². The average Bonchev–Trinajstić information content (AvgIpc) is 3.53. The van der Waals surface area contributed by atoms with Crippen LogP contribution in [0.25, 0.3) is 22.0 Å². The summed E-state index contributed by atoms with van der Waals surface area (Å²) in [6, 6.07) is 20.0. The van der Waals surface area contributed by atoms with Gasteiger partial charge in [-0.1, -0.05) is 67.4 Å². The van der Waals surface area contributed by atoms with Crippen LogP contribution in [0, 0.1) is 0 Å². The second-order valence-corrected chi connectivity index (χ2v) is 9.81. The number of amides is 1. The van der Waals surface area contributed by atoms with Crippen LogP contribution < -0.4 is 0 Å². The maximum atomic E-state index is 13.0.